The molecule has 0 amide bonds. The number of rotatable bonds is 20. The highest BCUT2D eigenvalue weighted by Gasteiger charge is 2.22. The highest BCUT2D eigenvalue weighted by molar-refractivity contribution is 6.71. The Labute approximate surface area is 216 Å². The molecule has 0 aromatic carbocycles. The lowest BCUT2D eigenvalue weighted by Crippen LogP contribution is -2.33. The fourth-order valence-corrected chi connectivity index (χ4v) is 6.85. The van der Waals surface area contributed by atoms with E-state index < -0.39 is 25.0 Å². The standard InChI is InChI=1S/C27H58O4Si3/c1-11-12-13-14-17-20-25(29-32(2,3)4)23-24-26(30-33(5,6)7)21-18-15-16-19-22-27(28)31-34(8,9)10/h23-26H,11-22H2,1-10H3/b24-23+/t25-,26+/m0/s1. The van der Waals surface area contributed by atoms with Gasteiger partial charge in [0, 0.05) is 6.42 Å². The first kappa shape index (κ1) is 33.8. The molecule has 0 aliphatic rings. The number of carbonyl (C=O) groups is 1. The van der Waals surface area contributed by atoms with Crippen LogP contribution in [0.4, 0.5) is 0 Å². The molecule has 0 aliphatic carbocycles. The van der Waals surface area contributed by atoms with Crippen molar-refractivity contribution < 1.29 is 18.1 Å². The topological polar surface area (TPSA) is 44.8 Å². The van der Waals surface area contributed by atoms with Crippen molar-refractivity contribution in [1.82, 2.24) is 0 Å². The SMILES string of the molecule is CCCCCCC[C@@H](/C=C/[C@@H](CCCCCCC(=O)O[Si](C)(C)C)O[Si](C)(C)C)O[Si](C)(C)C. The van der Waals surface area contributed by atoms with E-state index in [0.29, 0.717) is 6.42 Å². The lowest BCUT2D eigenvalue weighted by atomic mass is 10.1. The Morgan fingerprint density at radius 1 is 0.618 bits per heavy atom. The number of hydrogen-bond acceptors (Lipinski definition) is 4. The van der Waals surface area contributed by atoms with E-state index in [-0.39, 0.29) is 18.2 Å². The quantitative estimate of drug-likeness (QED) is 0.0894. The third kappa shape index (κ3) is 23.5. The third-order valence-corrected chi connectivity index (χ3v) is 8.04. The van der Waals surface area contributed by atoms with Gasteiger partial charge in [0.1, 0.15) is 0 Å². The summed E-state index contributed by atoms with van der Waals surface area (Å²) in [6, 6.07) is 0. The fraction of sp³-hybridized carbons (Fsp3) is 0.889. The smallest absolute Gasteiger partial charge is 0.292 e. The van der Waals surface area contributed by atoms with E-state index in [0.717, 1.165) is 38.5 Å². The Morgan fingerprint density at radius 2 is 1.03 bits per heavy atom. The Morgan fingerprint density at radius 3 is 1.41 bits per heavy atom. The Hall–Kier alpha value is -0.219. The van der Waals surface area contributed by atoms with E-state index >= 15 is 0 Å². The van der Waals surface area contributed by atoms with E-state index in [1.807, 2.05) is 0 Å². The van der Waals surface area contributed by atoms with Crippen molar-refractivity contribution >= 4 is 30.9 Å². The molecule has 0 aliphatic heterocycles. The number of hydrogen-bond donors (Lipinski definition) is 0. The van der Waals surface area contributed by atoms with Gasteiger partial charge >= 0.3 is 0 Å². The van der Waals surface area contributed by atoms with Crippen LogP contribution in [0.2, 0.25) is 58.9 Å². The van der Waals surface area contributed by atoms with Crippen LogP contribution in [0, 0.1) is 0 Å². The van der Waals surface area contributed by atoms with E-state index in [2.05, 4.69) is 78.0 Å². The number of unbranched alkanes of at least 4 members (excludes halogenated alkanes) is 7. The molecule has 0 unspecified atom stereocenters. The number of carbonyl (C=O) groups excluding carboxylic acids is 1. The van der Waals surface area contributed by atoms with E-state index in [4.69, 9.17) is 13.3 Å². The van der Waals surface area contributed by atoms with Crippen LogP contribution >= 0.6 is 0 Å². The predicted molar refractivity (Wildman–Crippen MR) is 156 cm³/mol. The molecule has 0 aromatic rings. The van der Waals surface area contributed by atoms with Crippen molar-refractivity contribution in [3.63, 3.8) is 0 Å². The van der Waals surface area contributed by atoms with E-state index in [9.17, 15) is 4.79 Å². The molecule has 0 N–H and O–H groups in total. The average molecular weight is 531 g/mol. The van der Waals surface area contributed by atoms with Gasteiger partial charge in [-0.3, -0.25) is 4.79 Å². The molecule has 7 heteroatoms. The molecule has 0 rings (SSSR count). The molecule has 0 bridgehead atoms. The van der Waals surface area contributed by atoms with Crippen LogP contribution in [-0.2, 0) is 18.1 Å². The predicted octanol–water partition coefficient (Wildman–Crippen LogP) is 9.06. The molecule has 0 radical (unpaired) electrons. The first-order valence-corrected chi connectivity index (χ1v) is 24.1. The summed E-state index contributed by atoms with van der Waals surface area (Å²) in [5.74, 6) is -0.0230. The van der Waals surface area contributed by atoms with Gasteiger partial charge in [0.2, 0.25) is 8.32 Å². The Kier molecular flexibility index (Phi) is 17.2. The van der Waals surface area contributed by atoms with Crippen LogP contribution in [0.1, 0.15) is 84.0 Å². The van der Waals surface area contributed by atoms with E-state index in [1.54, 1.807) is 0 Å². The van der Waals surface area contributed by atoms with Gasteiger partial charge in [-0.05, 0) is 78.2 Å². The highest BCUT2D eigenvalue weighted by Crippen LogP contribution is 2.20. The monoisotopic (exact) mass is 530 g/mol. The maximum atomic E-state index is 11.9. The largest absolute Gasteiger partial charge is 0.520 e. The van der Waals surface area contributed by atoms with Crippen LogP contribution in [0.25, 0.3) is 0 Å². The van der Waals surface area contributed by atoms with E-state index in [1.165, 1.54) is 32.1 Å². The second kappa shape index (κ2) is 17.3. The zero-order valence-corrected chi connectivity index (χ0v) is 27.4. The zero-order chi connectivity index (χ0) is 26.3. The summed E-state index contributed by atoms with van der Waals surface area (Å²) in [7, 11) is -4.99. The van der Waals surface area contributed by atoms with Gasteiger partial charge in [0.05, 0.1) is 12.2 Å². The van der Waals surface area contributed by atoms with Crippen LogP contribution in [0.3, 0.4) is 0 Å². The summed E-state index contributed by atoms with van der Waals surface area (Å²) >= 11 is 0. The maximum absolute atomic E-state index is 11.9. The first-order valence-electron chi connectivity index (χ1n) is 13.9. The van der Waals surface area contributed by atoms with Crippen LogP contribution in [0.5, 0.6) is 0 Å². The molecule has 2 atom stereocenters. The van der Waals surface area contributed by atoms with Crippen molar-refractivity contribution in [2.45, 2.75) is 155 Å². The fourth-order valence-electron chi connectivity index (χ4n) is 3.85. The van der Waals surface area contributed by atoms with Crippen LogP contribution in [-0.4, -0.2) is 43.1 Å². The van der Waals surface area contributed by atoms with Crippen LogP contribution in [0.15, 0.2) is 12.2 Å². The minimum Gasteiger partial charge on any atom is -0.520 e. The molecule has 0 saturated heterocycles. The van der Waals surface area contributed by atoms with Gasteiger partial charge in [-0.25, -0.2) is 0 Å². The molecule has 0 aromatic heterocycles. The van der Waals surface area contributed by atoms with Gasteiger partial charge in [-0.1, -0.05) is 70.4 Å². The lowest BCUT2D eigenvalue weighted by Gasteiger charge is -2.27. The highest BCUT2D eigenvalue weighted by atomic mass is 28.4. The Bertz CT molecular complexity index is 560. The summed E-state index contributed by atoms with van der Waals surface area (Å²) in [6.07, 6.45) is 18.4. The minimum atomic E-state index is -1.76. The van der Waals surface area contributed by atoms with Gasteiger partial charge in [0.25, 0.3) is 5.97 Å². The van der Waals surface area contributed by atoms with Crippen molar-refractivity contribution in [3.05, 3.63) is 12.2 Å². The first-order chi connectivity index (χ1) is 15.6. The van der Waals surface area contributed by atoms with Gasteiger partial charge in [-0.15, -0.1) is 0 Å². The van der Waals surface area contributed by atoms with Gasteiger partial charge in [0.15, 0.2) is 16.6 Å². The average Bonchev–Trinajstić information content (AvgIpc) is 2.64. The second-order valence-corrected chi connectivity index (χ2v) is 26.0. The molecule has 4 nitrogen and oxygen atoms in total. The molecular formula is C27H58O4Si3. The molecule has 0 heterocycles. The normalized spacial score (nSPS) is 15.0. The summed E-state index contributed by atoms with van der Waals surface area (Å²) < 4.78 is 18.6. The minimum absolute atomic E-state index is 0.0230. The molecular weight excluding hydrogens is 473 g/mol. The summed E-state index contributed by atoms with van der Waals surface area (Å²) in [4.78, 5) is 11.9. The molecule has 34 heavy (non-hydrogen) atoms. The summed E-state index contributed by atoms with van der Waals surface area (Å²) in [5, 5.41) is 0. The van der Waals surface area contributed by atoms with Crippen molar-refractivity contribution in [1.29, 1.82) is 0 Å². The molecule has 0 spiro atoms. The van der Waals surface area contributed by atoms with Crippen molar-refractivity contribution in [2.24, 2.45) is 0 Å². The third-order valence-electron chi connectivity index (χ3n) is 5.18. The van der Waals surface area contributed by atoms with Gasteiger partial charge in [-0.2, -0.15) is 0 Å². The van der Waals surface area contributed by atoms with Crippen molar-refractivity contribution in [2.75, 3.05) is 0 Å². The molecule has 0 fully saturated rings. The zero-order valence-electron chi connectivity index (χ0n) is 24.4. The summed E-state index contributed by atoms with van der Waals surface area (Å²) in [6.45, 7) is 22.1. The lowest BCUT2D eigenvalue weighted by molar-refractivity contribution is -0.135. The Balaban J connectivity index is 4.70. The summed E-state index contributed by atoms with van der Waals surface area (Å²) in [5.41, 5.74) is 0. The van der Waals surface area contributed by atoms with Gasteiger partial charge < -0.3 is 13.3 Å². The molecule has 202 valence electrons. The van der Waals surface area contributed by atoms with Crippen LogP contribution < -0.4 is 0 Å². The van der Waals surface area contributed by atoms with Crippen molar-refractivity contribution in [3.8, 4) is 0 Å². The second-order valence-electron chi connectivity index (χ2n) is 12.7. The maximum Gasteiger partial charge on any atom is 0.292 e. The molecule has 0 saturated carbocycles.